The highest BCUT2D eigenvalue weighted by atomic mass is 19.4. The van der Waals surface area contributed by atoms with E-state index in [9.17, 15) is 18.0 Å². The maximum absolute atomic E-state index is 12.8. The van der Waals surface area contributed by atoms with E-state index >= 15 is 0 Å². The summed E-state index contributed by atoms with van der Waals surface area (Å²) in [6.45, 7) is 1.36. The Morgan fingerprint density at radius 2 is 1.76 bits per heavy atom. The molecule has 0 atom stereocenters. The number of nitrogens with one attached hydrogen (secondary N) is 1. The molecular weight excluding hydrogens is 283 g/mol. The van der Waals surface area contributed by atoms with Crippen LogP contribution in [0.15, 0.2) is 48.5 Å². The Hall–Kier alpha value is -2.50. The Morgan fingerprint density at radius 3 is 2.38 bits per heavy atom. The number of carbonyl (C=O) groups is 1. The van der Waals surface area contributed by atoms with Gasteiger partial charge in [0.1, 0.15) is 5.75 Å². The molecule has 0 bridgehead atoms. The second-order valence-corrected chi connectivity index (χ2v) is 4.36. The summed E-state index contributed by atoms with van der Waals surface area (Å²) in [6.07, 6.45) is -5.32. The van der Waals surface area contributed by atoms with Gasteiger partial charge in [-0.3, -0.25) is 5.32 Å². The van der Waals surface area contributed by atoms with Crippen molar-refractivity contribution >= 4 is 11.8 Å². The molecule has 3 nitrogen and oxygen atoms in total. The summed E-state index contributed by atoms with van der Waals surface area (Å²) < 4.78 is 43.2. The molecule has 1 N–H and O–H groups in total. The highest BCUT2D eigenvalue weighted by Crippen LogP contribution is 2.33. The predicted molar refractivity (Wildman–Crippen MR) is 72.3 cm³/mol. The van der Waals surface area contributed by atoms with E-state index in [1.165, 1.54) is 19.1 Å². The van der Waals surface area contributed by atoms with E-state index in [1.54, 1.807) is 30.3 Å². The first-order valence-electron chi connectivity index (χ1n) is 6.08. The number of hydrogen-bond acceptors (Lipinski definition) is 2. The van der Waals surface area contributed by atoms with E-state index in [-0.39, 0.29) is 11.3 Å². The van der Waals surface area contributed by atoms with E-state index in [0.29, 0.717) is 5.75 Å². The van der Waals surface area contributed by atoms with Crippen LogP contribution in [0.2, 0.25) is 0 Å². The topological polar surface area (TPSA) is 38.3 Å². The molecule has 0 aliphatic carbocycles. The third kappa shape index (κ3) is 3.98. The third-order valence-corrected chi connectivity index (χ3v) is 2.74. The molecule has 0 aliphatic rings. The number of hydrogen-bond donors (Lipinski definition) is 1. The van der Waals surface area contributed by atoms with E-state index in [4.69, 9.17) is 4.74 Å². The smallest absolute Gasteiger partial charge is 0.410 e. The number of para-hydroxylation sites is 1. The number of ether oxygens (including phenoxy) is 1. The number of alkyl halides is 3. The summed E-state index contributed by atoms with van der Waals surface area (Å²) >= 11 is 0. The van der Waals surface area contributed by atoms with Gasteiger partial charge in [-0.2, -0.15) is 13.2 Å². The highest BCUT2D eigenvalue weighted by Gasteiger charge is 2.32. The number of benzene rings is 2. The minimum Gasteiger partial charge on any atom is -0.410 e. The van der Waals surface area contributed by atoms with Gasteiger partial charge in [-0.25, -0.2) is 4.79 Å². The normalized spacial score (nSPS) is 11.0. The molecule has 0 spiro atoms. The molecule has 6 heteroatoms. The molecule has 2 aromatic carbocycles. The first kappa shape index (κ1) is 14.9. The Labute approximate surface area is 119 Å². The SMILES string of the molecule is Cc1ccc(NC(=O)Oc2ccccc2)cc1C(F)(F)F. The molecule has 0 aliphatic heterocycles. The van der Waals surface area contributed by atoms with E-state index in [2.05, 4.69) is 5.32 Å². The number of halogens is 3. The van der Waals surface area contributed by atoms with Crippen molar-refractivity contribution in [2.45, 2.75) is 13.1 Å². The minimum absolute atomic E-state index is 0.0221. The molecule has 110 valence electrons. The maximum Gasteiger partial charge on any atom is 0.417 e. The van der Waals surface area contributed by atoms with Gasteiger partial charge >= 0.3 is 12.3 Å². The van der Waals surface area contributed by atoms with Gasteiger partial charge in [0.15, 0.2) is 0 Å². The molecule has 0 saturated heterocycles. The lowest BCUT2D eigenvalue weighted by atomic mass is 10.1. The fraction of sp³-hybridized carbons (Fsp3) is 0.133. The van der Waals surface area contributed by atoms with Crippen LogP contribution in [0.5, 0.6) is 5.75 Å². The molecule has 2 aromatic rings. The average molecular weight is 295 g/mol. The quantitative estimate of drug-likeness (QED) is 0.877. The van der Waals surface area contributed by atoms with Crippen molar-refractivity contribution in [3.8, 4) is 5.75 Å². The van der Waals surface area contributed by atoms with Crippen molar-refractivity contribution in [3.63, 3.8) is 0 Å². The lowest BCUT2D eigenvalue weighted by molar-refractivity contribution is -0.138. The molecule has 0 aromatic heterocycles. The zero-order valence-electron chi connectivity index (χ0n) is 11.1. The summed E-state index contributed by atoms with van der Waals surface area (Å²) in [5.41, 5.74) is -0.682. The van der Waals surface area contributed by atoms with Crippen LogP contribution in [0.4, 0.5) is 23.7 Å². The van der Waals surface area contributed by atoms with Crippen molar-refractivity contribution < 1.29 is 22.7 Å². The fourth-order valence-corrected chi connectivity index (χ4v) is 1.74. The van der Waals surface area contributed by atoms with Crippen molar-refractivity contribution in [2.24, 2.45) is 0 Å². The van der Waals surface area contributed by atoms with Crippen molar-refractivity contribution in [1.82, 2.24) is 0 Å². The third-order valence-electron chi connectivity index (χ3n) is 2.74. The van der Waals surface area contributed by atoms with E-state index < -0.39 is 17.8 Å². The predicted octanol–water partition coefficient (Wildman–Crippen LogP) is 4.62. The Kier molecular flexibility index (Phi) is 4.16. The van der Waals surface area contributed by atoms with Crippen LogP contribution in [0.1, 0.15) is 11.1 Å². The van der Waals surface area contributed by atoms with Gasteiger partial charge in [0, 0.05) is 5.69 Å². The maximum atomic E-state index is 12.8. The summed E-state index contributed by atoms with van der Waals surface area (Å²) in [5.74, 6) is 0.304. The monoisotopic (exact) mass is 295 g/mol. The van der Waals surface area contributed by atoms with Crippen molar-refractivity contribution in [3.05, 3.63) is 59.7 Å². The molecule has 0 radical (unpaired) electrons. The standard InChI is InChI=1S/C15H12F3NO2/c1-10-7-8-11(9-13(10)15(16,17)18)19-14(20)21-12-5-3-2-4-6-12/h2-9H,1H3,(H,19,20). The molecule has 21 heavy (non-hydrogen) atoms. The summed E-state index contributed by atoms with van der Waals surface area (Å²) in [5, 5.41) is 2.27. The van der Waals surface area contributed by atoms with Gasteiger partial charge in [-0.15, -0.1) is 0 Å². The van der Waals surface area contributed by atoms with Crippen LogP contribution >= 0.6 is 0 Å². The number of carbonyl (C=O) groups excluding carboxylic acids is 1. The molecule has 0 heterocycles. The van der Waals surface area contributed by atoms with Crippen LogP contribution in [0.3, 0.4) is 0 Å². The van der Waals surface area contributed by atoms with Gasteiger partial charge in [0.05, 0.1) is 5.56 Å². The van der Waals surface area contributed by atoms with Crippen LogP contribution in [-0.2, 0) is 6.18 Å². The van der Waals surface area contributed by atoms with Crippen LogP contribution in [-0.4, -0.2) is 6.09 Å². The zero-order valence-corrected chi connectivity index (χ0v) is 11.1. The van der Waals surface area contributed by atoms with Gasteiger partial charge in [0.25, 0.3) is 0 Å². The highest BCUT2D eigenvalue weighted by molar-refractivity contribution is 5.86. The molecule has 1 amide bonds. The first-order chi connectivity index (χ1) is 9.86. The van der Waals surface area contributed by atoms with Crippen molar-refractivity contribution in [2.75, 3.05) is 5.32 Å². The van der Waals surface area contributed by atoms with Crippen LogP contribution in [0, 0.1) is 6.92 Å². The molecule has 2 rings (SSSR count). The van der Waals surface area contributed by atoms with Gasteiger partial charge in [-0.05, 0) is 36.8 Å². The number of rotatable bonds is 2. The zero-order chi connectivity index (χ0) is 15.5. The number of aryl methyl sites for hydroxylation is 1. The molecule has 0 fully saturated rings. The van der Waals surface area contributed by atoms with Crippen LogP contribution in [0.25, 0.3) is 0 Å². The average Bonchev–Trinajstić information content (AvgIpc) is 2.41. The van der Waals surface area contributed by atoms with Crippen LogP contribution < -0.4 is 10.1 Å². The second-order valence-electron chi connectivity index (χ2n) is 4.36. The number of amides is 1. The lowest BCUT2D eigenvalue weighted by Crippen LogP contribution is -2.17. The molecule has 0 saturated carbocycles. The largest absolute Gasteiger partial charge is 0.417 e. The van der Waals surface area contributed by atoms with E-state index in [1.807, 2.05) is 0 Å². The van der Waals surface area contributed by atoms with Gasteiger partial charge < -0.3 is 4.74 Å². The summed E-state index contributed by atoms with van der Waals surface area (Å²) in [4.78, 5) is 11.6. The molecular formula is C15H12F3NO2. The Bertz CT molecular complexity index is 639. The molecule has 0 unspecified atom stereocenters. The summed E-state index contributed by atoms with van der Waals surface area (Å²) in [7, 11) is 0. The van der Waals surface area contributed by atoms with Gasteiger partial charge in [-0.1, -0.05) is 24.3 Å². The summed E-state index contributed by atoms with van der Waals surface area (Å²) in [6, 6.07) is 11.8. The number of anilines is 1. The van der Waals surface area contributed by atoms with Gasteiger partial charge in [0.2, 0.25) is 0 Å². The minimum atomic E-state index is -4.47. The lowest BCUT2D eigenvalue weighted by Gasteiger charge is -2.12. The Morgan fingerprint density at radius 1 is 1.10 bits per heavy atom. The first-order valence-corrected chi connectivity index (χ1v) is 6.08. The second kappa shape index (κ2) is 5.87. The Balaban J connectivity index is 2.11. The van der Waals surface area contributed by atoms with E-state index in [0.717, 1.165) is 6.07 Å². The van der Waals surface area contributed by atoms with Crippen molar-refractivity contribution in [1.29, 1.82) is 0 Å². The fourth-order valence-electron chi connectivity index (χ4n) is 1.74.